The van der Waals surface area contributed by atoms with E-state index in [9.17, 15) is 14.9 Å². The Bertz CT molecular complexity index is 952. The summed E-state index contributed by atoms with van der Waals surface area (Å²) in [7, 11) is 1.57. The molecule has 1 N–H and O–H groups in total. The molecule has 30 heavy (non-hydrogen) atoms. The first-order valence-electron chi connectivity index (χ1n) is 9.77. The van der Waals surface area contributed by atoms with Crippen LogP contribution in [0.25, 0.3) is 0 Å². The highest BCUT2D eigenvalue weighted by molar-refractivity contribution is 5.97. The number of piperazine rings is 1. The van der Waals surface area contributed by atoms with Crippen LogP contribution in [0.3, 0.4) is 0 Å². The maximum atomic E-state index is 13.0. The smallest absolute Gasteiger partial charge is 0.292 e. The van der Waals surface area contributed by atoms with E-state index >= 15 is 0 Å². The van der Waals surface area contributed by atoms with Gasteiger partial charge in [-0.2, -0.15) is 0 Å². The van der Waals surface area contributed by atoms with Crippen LogP contribution in [0, 0.1) is 17.0 Å². The largest absolute Gasteiger partial charge is 0.496 e. The first kappa shape index (κ1) is 21.2. The van der Waals surface area contributed by atoms with Gasteiger partial charge in [-0.1, -0.05) is 18.2 Å². The fourth-order valence-electron chi connectivity index (χ4n) is 3.63. The third kappa shape index (κ3) is 4.37. The van der Waals surface area contributed by atoms with Crippen molar-refractivity contribution in [2.45, 2.75) is 6.92 Å². The fraction of sp³-hybridized carbons (Fsp3) is 0.318. The highest BCUT2D eigenvalue weighted by Gasteiger charge is 2.26. The van der Waals surface area contributed by atoms with E-state index in [1.165, 1.54) is 6.07 Å². The van der Waals surface area contributed by atoms with Crippen molar-refractivity contribution in [3.8, 4) is 5.75 Å². The van der Waals surface area contributed by atoms with Gasteiger partial charge in [-0.15, -0.1) is 6.58 Å². The topological polar surface area (TPSA) is 88.0 Å². The number of aryl methyl sites for hydroxylation is 1. The predicted octanol–water partition coefficient (Wildman–Crippen LogP) is 3.47. The number of nitrogens with zero attached hydrogens (tertiary/aromatic N) is 3. The van der Waals surface area contributed by atoms with E-state index < -0.39 is 4.92 Å². The van der Waals surface area contributed by atoms with Gasteiger partial charge >= 0.3 is 0 Å². The van der Waals surface area contributed by atoms with Gasteiger partial charge in [0.2, 0.25) is 0 Å². The molecule has 158 valence electrons. The summed E-state index contributed by atoms with van der Waals surface area (Å²) in [6.45, 7) is 8.38. The fourth-order valence-corrected chi connectivity index (χ4v) is 3.63. The number of methoxy groups -OCH3 is 1. The summed E-state index contributed by atoms with van der Waals surface area (Å²) in [4.78, 5) is 27.8. The van der Waals surface area contributed by atoms with Crippen molar-refractivity contribution in [3.63, 3.8) is 0 Å². The zero-order valence-electron chi connectivity index (χ0n) is 17.3. The van der Waals surface area contributed by atoms with Crippen LogP contribution in [0.1, 0.15) is 15.9 Å². The van der Waals surface area contributed by atoms with Crippen LogP contribution in [0.5, 0.6) is 5.75 Å². The number of carbonyl (C=O) groups excluding carboxylic acids is 1. The normalized spacial score (nSPS) is 13.7. The third-order valence-corrected chi connectivity index (χ3v) is 5.19. The van der Waals surface area contributed by atoms with Crippen molar-refractivity contribution in [2.75, 3.05) is 50.1 Å². The van der Waals surface area contributed by atoms with Gasteiger partial charge in [0.15, 0.2) is 0 Å². The zero-order chi connectivity index (χ0) is 21.7. The molecule has 0 unspecified atom stereocenters. The summed E-state index contributed by atoms with van der Waals surface area (Å²) in [5.74, 6) is 0.561. The van der Waals surface area contributed by atoms with E-state index in [4.69, 9.17) is 4.74 Å². The monoisotopic (exact) mass is 410 g/mol. The minimum Gasteiger partial charge on any atom is -0.496 e. The van der Waals surface area contributed by atoms with Crippen LogP contribution in [-0.2, 0) is 0 Å². The van der Waals surface area contributed by atoms with Gasteiger partial charge < -0.3 is 19.9 Å². The summed E-state index contributed by atoms with van der Waals surface area (Å²) >= 11 is 0. The first-order valence-corrected chi connectivity index (χ1v) is 9.77. The van der Waals surface area contributed by atoms with Gasteiger partial charge in [0.05, 0.1) is 17.6 Å². The number of ether oxygens (including phenoxy) is 1. The number of nitrogens with one attached hydrogen (secondary N) is 1. The Morgan fingerprint density at radius 1 is 1.27 bits per heavy atom. The maximum absolute atomic E-state index is 13.0. The molecule has 0 spiro atoms. The number of hydrogen-bond acceptors (Lipinski definition) is 6. The molecular formula is C22H26N4O4. The molecule has 8 heteroatoms. The Morgan fingerprint density at radius 2 is 2.00 bits per heavy atom. The van der Waals surface area contributed by atoms with Crippen LogP contribution in [0.2, 0.25) is 0 Å². The second-order valence-corrected chi connectivity index (χ2v) is 7.06. The Kier molecular flexibility index (Phi) is 6.56. The standard InChI is InChI=1S/C22H26N4O4/c1-4-10-23-19-15-17(8-9-20(19)26(28)29)24-11-13-25(14-12-24)22(27)18-7-5-6-16(2)21(18)30-3/h4-9,15,23H,1,10-14H2,2-3H3. The average Bonchev–Trinajstić information content (AvgIpc) is 2.76. The molecule has 1 aliphatic heterocycles. The molecule has 1 heterocycles. The summed E-state index contributed by atoms with van der Waals surface area (Å²) in [6, 6.07) is 10.6. The first-order chi connectivity index (χ1) is 14.5. The Hall–Kier alpha value is -3.55. The number of para-hydroxylation sites is 1. The lowest BCUT2D eigenvalue weighted by molar-refractivity contribution is -0.383. The van der Waals surface area contributed by atoms with E-state index in [1.54, 1.807) is 31.4 Å². The number of rotatable bonds is 7. The number of amides is 1. The zero-order valence-corrected chi connectivity index (χ0v) is 17.3. The summed E-state index contributed by atoms with van der Waals surface area (Å²) in [5.41, 5.74) is 2.86. The average molecular weight is 410 g/mol. The predicted molar refractivity (Wildman–Crippen MR) is 118 cm³/mol. The van der Waals surface area contributed by atoms with Crippen LogP contribution in [-0.4, -0.2) is 55.6 Å². The van der Waals surface area contributed by atoms with Gasteiger partial charge in [-0.05, 0) is 30.7 Å². The molecule has 1 saturated heterocycles. The van der Waals surface area contributed by atoms with Crippen molar-refractivity contribution in [2.24, 2.45) is 0 Å². The van der Waals surface area contributed by atoms with Crippen molar-refractivity contribution in [3.05, 3.63) is 70.3 Å². The highest BCUT2D eigenvalue weighted by Crippen LogP contribution is 2.30. The quantitative estimate of drug-likeness (QED) is 0.427. The summed E-state index contributed by atoms with van der Waals surface area (Å²) in [6.07, 6.45) is 1.65. The van der Waals surface area contributed by atoms with E-state index in [-0.39, 0.29) is 11.6 Å². The molecule has 1 aliphatic rings. The SMILES string of the molecule is C=CCNc1cc(N2CCN(C(=O)c3cccc(C)c3OC)CC2)ccc1[N+](=O)[O-]. The van der Waals surface area contributed by atoms with Gasteiger partial charge in [0.25, 0.3) is 11.6 Å². The van der Waals surface area contributed by atoms with Gasteiger partial charge in [0.1, 0.15) is 11.4 Å². The second kappa shape index (κ2) is 9.30. The number of benzene rings is 2. The minimum atomic E-state index is -0.402. The number of anilines is 2. The molecule has 0 aliphatic carbocycles. The maximum Gasteiger partial charge on any atom is 0.292 e. The molecule has 1 fully saturated rings. The Morgan fingerprint density at radius 3 is 2.63 bits per heavy atom. The van der Waals surface area contributed by atoms with Crippen LogP contribution in [0.4, 0.5) is 17.1 Å². The lowest BCUT2D eigenvalue weighted by Gasteiger charge is -2.36. The van der Waals surface area contributed by atoms with Crippen LogP contribution in [0.15, 0.2) is 49.1 Å². The lowest BCUT2D eigenvalue weighted by Crippen LogP contribution is -2.48. The summed E-state index contributed by atoms with van der Waals surface area (Å²) in [5, 5.41) is 14.3. The van der Waals surface area contributed by atoms with E-state index in [2.05, 4.69) is 16.8 Å². The molecule has 8 nitrogen and oxygen atoms in total. The van der Waals surface area contributed by atoms with Crippen molar-refractivity contribution >= 4 is 23.0 Å². The molecule has 0 saturated carbocycles. The molecule has 0 atom stereocenters. The molecule has 2 aromatic rings. The third-order valence-electron chi connectivity index (χ3n) is 5.19. The van der Waals surface area contributed by atoms with Crippen molar-refractivity contribution < 1.29 is 14.5 Å². The van der Waals surface area contributed by atoms with Gasteiger partial charge in [0, 0.05) is 44.5 Å². The second-order valence-electron chi connectivity index (χ2n) is 7.06. The number of carbonyl (C=O) groups is 1. The molecule has 1 amide bonds. The van der Waals surface area contributed by atoms with E-state index in [1.807, 2.05) is 24.0 Å². The molecule has 0 aromatic heterocycles. The van der Waals surface area contributed by atoms with Gasteiger partial charge in [-0.25, -0.2) is 0 Å². The molecule has 3 rings (SSSR count). The van der Waals surface area contributed by atoms with Crippen molar-refractivity contribution in [1.29, 1.82) is 0 Å². The number of hydrogen-bond donors (Lipinski definition) is 1. The Balaban J connectivity index is 1.72. The highest BCUT2D eigenvalue weighted by atomic mass is 16.6. The molecule has 0 bridgehead atoms. The lowest BCUT2D eigenvalue weighted by atomic mass is 10.1. The summed E-state index contributed by atoms with van der Waals surface area (Å²) < 4.78 is 5.43. The molecule has 0 radical (unpaired) electrons. The van der Waals surface area contributed by atoms with Crippen LogP contribution >= 0.6 is 0 Å². The van der Waals surface area contributed by atoms with Crippen molar-refractivity contribution in [1.82, 2.24) is 4.90 Å². The molecular weight excluding hydrogens is 384 g/mol. The van der Waals surface area contributed by atoms with E-state index in [0.717, 1.165) is 11.3 Å². The number of nitro benzene ring substituents is 1. The van der Waals surface area contributed by atoms with E-state index in [0.29, 0.717) is 49.7 Å². The molecule has 2 aromatic carbocycles. The van der Waals surface area contributed by atoms with Gasteiger partial charge in [-0.3, -0.25) is 14.9 Å². The number of nitro groups is 1. The Labute approximate surface area is 175 Å². The van der Waals surface area contributed by atoms with Crippen LogP contribution < -0.4 is 15.0 Å². The minimum absolute atomic E-state index is 0.0287.